The largest absolute Gasteiger partial charge is 0.507 e. The summed E-state index contributed by atoms with van der Waals surface area (Å²) in [4.78, 5) is 10.5. The van der Waals surface area contributed by atoms with E-state index < -0.39 is 0 Å². The summed E-state index contributed by atoms with van der Waals surface area (Å²) in [6, 6.07) is 39.9. The van der Waals surface area contributed by atoms with E-state index in [-0.39, 0.29) is 37.6 Å². The van der Waals surface area contributed by atoms with Gasteiger partial charge in [-0.1, -0.05) is 87.7 Å². The minimum absolute atomic E-state index is 0. The first kappa shape index (κ1) is 31.5. The van der Waals surface area contributed by atoms with Gasteiger partial charge in [-0.15, -0.1) is 23.8 Å². The molecule has 0 bridgehead atoms. The first-order valence-corrected chi connectivity index (χ1v) is 16.9. The van der Waals surface area contributed by atoms with E-state index in [0.717, 1.165) is 77.5 Å². The van der Waals surface area contributed by atoms with Crippen LogP contribution in [0.15, 0.2) is 124 Å². The van der Waals surface area contributed by atoms with Crippen LogP contribution >= 0.6 is 0 Å². The zero-order chi connectivity index (χ0) is 33.9. The number of rotatable bonds is 3. The van der Waals surface area contributed by atoms with Crippen LogP contribution in [0.2, 0.25) is 0 Å². The number of nitrogens with zero attached hydrogens (tertiary/aromatic N) is 3. The van der Waals surface area contributed by atoms with Gasteiger partial charge in [-0.3, -0.25) is 4.98 Å². The Morgan fingerprint density at radius 3 is 2.10 bits per heavy atom. The Labute approximate surface area is 308 Å². The van der Waals surface area contributed by atoms with Gasteiger partial charge in [0.1, 0.15) is 22.5 Å². The number of hydrogen-bond donors (Lipinski definition) is 1. The SMILES string of the molecule is CC1(C)c2ccc(-c3cn(-c4ccc5c(c4)oc4ccccc45)c(-c4[c-]cc5oc6ccccc6c5c4)n3)nc2-c2c(O)cccc2C1(C)C.[Pt]. The molecule has 4 aromatic heterocycles. The first-order valence-electron chi connectivity index (χ1n) is 16.9. The Kier molecular flexibility index (Phi) is 6.81. The molecule has 0 saturated carbocycles. The summed E-state index contributed by atoms with van der Waals surface area (Å²) in [5.41, 5.74) is 9.70. The minimum Gasteiger partial charge on any atom is -0.507 e. The fourth-order valence-electron chi connectivity index (χ4n) is 7.83. The van der Waals surface area contributed by atoms with Crippen molar-refractivity contribution in [3.63, 3.8) is 0 Å². The quantitative estimate of drug-likeness (QED) is 0.179. The van der Waals surface area contributed by atoms with Gasteiger partial charge in [0.05, 0.1) is 28.5 Å². The molecular weight excluding hydrogens is 814 g/mol. The molecule has 0 amide bonds. The number of hydrogen-bond acceptors (Lipinski definition) is 5. The molecule has 7 heteroatoms. The molecule has 5 aromatic carbocycles. The van der Waals surface area contributed by atoms with E-state index in [2.05, 4.69) is 92.9 Å². The van der Waals surface area contributed by atoms with Crippen molar-refractivity contribution in [2.45, 2.75) is 38.5 Å². The fourth-order valence-corrected chi connectivity index (χ4v) is 7.83. The molecule has 252 valence electrons. The monoisotopic (exact) mass is 845 g/mol. The van der Waals surface area contributed by atoms with Crippen molar-refractivity contribution in [3.8, 4) is 45.5 Å². The molecule has 4 heterocycles. The topological polar surface area (TPSA) is 77.2 Å². The third-order valence-corrected chi connectivity index (χ3v) is 11.2. The third-order valence-electron chi connectivity index (χ3n) is 11.2. The standard InChI is InChI=1S/C44H32N3O3.Pt/c1-43(2)31-12-9-13-35(48)40(31)41-32(44(43,3)4)19-20-33(45-41)34-24-47(26-17-18-29-27-10-5-7-14-36(27)50-39(29)23-26)42(46-34)25-16-21-38-30(22-25)28-11-6-8-15-37(28)49-38;/h5-15,17-24,48H,1-4H3;/q-1;. The van der Waals surface area contributed by atoms with E-state index in [0.29, 0.717) is 17.2 Å². The number of pyridine rings is 1. The van der Waals surface area contributed by atoms with Gasteiger partial charge in [-0.2, -0.15) is 0 Å². The van der Waals surface area contributed by atoms with Crippen LogP contribution in [0.1, 0.15) is 38.8 Å². The molecule has 0 spiro atoms. The second-order valence-electron chi connectivity index (χ2n) is 14.4. The summed E-state index contributed by atoms with van der Waals surface area (Å²) in [6.07, 6.45) is 2.03. The molecule has 0 atom stereocenters. The van der Waals surface area contributed by atoms with Crippen LogP contribution in [0.25, 0.3) is 83.6 Å². The van der Waals surface area contributed by atoms with Crippen LogP contribution in [-0.4, -0.2) is 19.6 Å². The van der Waals surface area contributed by atoms with Crippen LogP contribution in [0.3, 0.4) is 0 Å². The second kappa shape index (κ2) is 11.0. The van der Waals surface area contributed by atoms with Crippen molar-refractivity contribution < 1.29 is 35.0 Å². The Hall–Kier alpha value is -5.45. The number of benzene rings is 5. The zero-order valence-electron chi connectivity index (χ0n) is 28.4. The van der Waals surface area contributed by atoms with Crippen LogP contribution in [0, 0.1) is 6.07 Å². The summed E-state index contributed by atoms with van der Waals surface area (Å²) >= 11 is 0. The first-order chi connectivity index (χ1) is 24.2. The van der Waals surface area contributed by atoms with Crippen LogP contribution in [0.5, 0.6) is 5.75 Å². The van der Waals surface area contributed by atoms with E-state index in [1.165, 1.54) is 0 Å². The van der Waals surface area contributed by atoms with E-state index in [1.54, 1.807) is 6.07 Å². The maximum Gasteiger partial charge on any atom is 0.137 e. The Balaban J connectivity index is 0.00000348. The summed E-state index contributed by atoms with van der Waals surface area (Å²) in [5, 5.41) is 15.4. The molecule has 10 rings (SSSR count). The van der Waals surface area contributed by atoms with Crippen LogP contribution in [0.4, 0.5) is 0 Å². The second-order valence-corrected chi connectivity index (χ2v) is 14.4. The molecule has 1 N–H and O–H groups in total. The minimum atomic E-state index is -0.237. The molecule has 51 heavy (non-hydrogen) atoms. The summed E-state index contributed by atoms with van der Waals surface area (Å²) in [7, 11) is 0. The van der Waals surface area contributed by atoms with E-state index in [1.807, 2.05) is 54.7 Å². The van der Waals surface area contributed by atoms with Crippen LogP contribution < -0.4 is 0 Å². The maximum atomic E-state index is 11.2. The summed E-state index contributed by atoms with van der Waals surface area (Å²) < 4.78 is 14.5. The van der Waals surface area contributed by atoms with Gasteiger partial charge in [0.2, 0.25) is 0 Å². The van der Waals surface area contributed by atoms with Crippen molar-refractivity contribution in [3.05, 3.63) is 133 Å². The fraction of sp³-hybridized carbons (Fsp3) is 0.136. The summed E-state index contributed by atoms with van der Waals surface area (Å²) in [5.74, 6) is 0.949. The van der Waals surface area contributed by atoms with Gasteiger partial charge in [0.15, 0.2) is 0 Å². The number of furan rings is 2. The van der Waals surface area contributed by atoms with Crippen molar-refractivity contribution in [1.29, 1.82) is 0 Å². The number of imidazole rings is 1. The zero-order valence-corrected chi connectivity index (χ0v) is 30.7. The number of fused-ring (bicyclic) bond motifs is 9. The van der Waals surface area contributed by atoms with E-state index >= 15 is 0 Å². The van der Waals surface area contributed by atoms with Crippen molar-refractivity contribution in [2.75, 3.05) is 0 Å². The number of aromatic hydroxyl groups is 1. The van der Waals surface area contributed by atoms with Gasteiger partial charge >= 0.3 is 0 Å². The predicted molar refractivity (Wildman–Crippen MR) is 199 cm³/mol. The van der Waals surface area contributed by atoms with Crippen molar-refractivity contribution >= 4 is 43.9 Å². The molecule has 0 fully saturated rings. The predicted octanol–water partition coefficient (Wildman–Crippen LogP) is 11.1. The van der Waals surface area contributed by atoms with Gasteiger partial charge < -0.3 is 18.5 Å². The summed E-state index contributed by atoms with van der Waals surface area (Å²) in [6.45, 7) is 9.00. The Morgan fingerprint density at radius 1 is 0.627 bits per heavy atom. The normalized spacial score (nSPS) is 14.5. The Morgan fingerprint density at radius 2 is 1.31 bits per heavy atom. The molecule has 0 radical (unpaired) electrons. The maximum absolute atomic E-state index is 11.2. The smallest absolute Gasteiger partial charge is 0.137 e. The van der Waals surface area contributed by atoms with Crippen molar-refractivity contribution in [2.24, 2.45) is 0 Å². The van der Waals surface area contributed by atoms with Gasteiger partial charge in [0, 0.05) is 66.2 Å². The average molecular weight is 846 g/mol. The number of phenolic OH excluding ortho intramolecular Hbond substituents is 1. The average Bonchev–Trinajstić information content (AvgIpc) is 3.84. The molecule has 1 aliphatic rings. The molecule has 0 aliphatic heterocycles. The molecule has 0 saturated heterocycles. The number of para-hydroxylation sites is 2. The Bertz CT molecular complexity index is 2860. The van der Waals surface area contributed by atoms with E-state index in [4.69, 9.17) is 18.8 Å². The molecule has 1 aliphatic carbocycles. The molecule has 9 aromatic rings. The number of phenols is 1. The van der Waals surface area contributed by atoms with Crippen molar-refractivity contribution in [1.82, 2.24) is 14.5 Å². The molecular formula is C44H32N3O3Pt-. The third kappa shape index (κ3) is 4.45. The van der Waals surface area contributed by atoms with Gasteiger partial charge in [-0.05, 0) is 52.9 Å². The van der Waals surface area contributed by atoms with E-state index in [9.17, 15) is 5.11 Å². The van der Waals surface area contributed by atoms with Crippen LogP contribution in [-0.2, 0) is 31.9 Å². The van der Waals surface area contributed by atoms with Gasteiger partial charge in [0.25, 0.3) is 0 Å². The molecule has 0 unspecified atom stereocenters. The van der Waals surface area contributed by atoms with Gasteiger partial charge in [-0.25, -0.2) is 4.98 Å². The molecule has 6 nitrogen and oxygen atoms in total. The number of aromatic nitrogens is 3.